The highest BCUT2D eigenvalue weighted by Gasteiger charge is 1.67. The Labute approximate surface area is 37.8 Å². The molecule has 0 aliphatic heterocycles. The van der Waals surface area contributed by atoms with Crippen molar-refractivity contribution in [1.29, 1.82) is 0 Å². The molecule has 0 radical (unpaired) electrons. The van der Waals surface area contributed by atoms with Gasteiger partial charge in [0, 0.05) is 12.2 Å². The summed E-state index contributed by atoms with van der Waals surface area (Å²) in [4.78, 5) is 0. The molecular formula is C4H10N2. The summed E-state index contributed by atoms with van der Waals surface area (Å²) in [5.41, 5.74) is 11.0. The van der Waals surface area contributed by atoms with E-state index in [9.17, 15) is 0 Å². The highest BCUT2D eigenvalue weighted by molar-refractivity contribution is 4.91. The second-order valence-electron chi connectivity index (χ2n) is 1.18. The number of allylic oxidation sites excluding steroid dienone is 1. The third-order valence-electron chi connectivity index (χ3n) is 0.440. The lowest BCUT2D eigenvalue weighted by molar-refractivity contribution is 1.18. The molecule has 2 nitrogen and oxygen atoms in total. The van der Waals surface area contributed by atoms with E-state index >= 15 is 0 Å². The van der Waals surface area contributed by atoms with Gasteiger partial charge in [0.25, 0.3) is 0 Å². The van der Waals surface area contributed by atoms with Crippen LogP contribution in [0.3, 0.4) is 0 Å². The molecule has 0 rings (SSSR count). The molecular weight excluding hydrogens is 76.1 g/mol. The van der Waals surface area contributed by atoms with Crippen LogP contribution in [0.25, 0.3) is 0 Å². The molecule has 6 heavy (non-hydrogen) atoms. The van der Waals surface area contributed by atoms with E-state index in [4.69, 9.17) is 11.5 Å². The fourth-order valence-corrected chi connectivity index (χ4v) is 0.186. The van der Waals surface area contributed by atoms with Crippen LogP contribution in [0.15, 0.2) is 11.8 Å². The standard InChI is InChI=1S/C4H10N2/c1-4(6)2-3-5/h2H,3,5-6H2,1H3/b4-2-. The van der Waals surface area contributed by atoms with Crippen LogP contribution in [0.4, 0.5) is 0 Å². The Morgan fingerprint density at radius 2 is 2.33 bits per heavy atom. The summed E-state index contributed by atoms with van der Waals surface area (Å²) in [6.45, 7) is 2.36. The van der Waals surface area contributed by atoms with E-state index in [1.807, 2.05) is 6.92 Å². The smallest absolute Gasteiger partial charge is 0.0126 e. The topological polar surface area (TPSA) is 52.0 Å². The largest absolute Gasteiger partial charge is 0.402 e. The first-order chi connectivity index (χ1) is 2.77. The summed E-state index contributed by atoms with van der Waals surface area (Å²) in [6.07, 6.45) is 1.76. The van der Waals surface area contributed by atoms with E-state index in [2.05, 4.69) is 0 Å². The Hall–Kier alpha value is -0.500. The van der Waals surface area contributed by atoms with Crippen LogP contribution in [-0.4, -0.2) is 6.54 Å². The lowest BCUT2D eigenvalue weighted by Crippen LogP contribution is -1.98. The number of hydrogen-bond acceptors (Lipinski definition) is 2. The third-order valence-corrected chi connectivity index (χ3v) is 0.440. The van der Waals surface area contributed by atoms with Crippen molar-refractivity contribution in [3.8, 4) is 0 Å². The number of nitrogens with two attached hydrogens (primary N) is 2. The Balaban J connectivity index is 3.14. The Morgan fingerprint density at radius 1 is 1.83 bits per heavy atom. The summed E-state index contributed by atoms with van der Waals surface area (Å²) >= 11 is 0. The highest BCUT2D eigenvalue weighted by atomic mass is 14.6. The summed E-state index contributed by atoms with van der Waals surface area (Å²) in [5, 5.41) is 0. The van der Waals surface area contributed by atoms with Crippen LogP contribution in [0.5, 0.6) is 0 Å². The van der Waals surface area contributed by atoms with Gasteiger partial charge in [-0.2, -0.15) is 0 Å². The maximum absolute atomic E-state index is 5.18. The Bertz CT molecular complexity index is 52.6. The summed E-state index contributed by atoms with van der Waals surface area (Å²) in [5.74, 6) is 0. The quantitative estimate of drug-likeness (QED) is 0.464. The minimum absolute atomic E-state index is 0.544. The van der Waals surface area contributed by atoms with Gasteiger partial charge in [-0.05, 0) is 6.92 Å². The number of rotatable bonds is 1. The second-order valence-corrected chi connectivity index (χ2v) is 1.18. The Kier molecular flexibility index (Phi) is 2.50. The van der Waals surface area contributed by atoms with Gasteiger partial charge in [0.1, 0.15) is 0 Å². The minimum Gasteiger partial charge on any atom is -0.402 e. The lowest BCUT2D eigenvalue weighted by Gasteiger charge is -1.82. The van der Waals surface area contributed by atoms with Crippen LogP contribution in [-0.2, 0) is 0 Å². The first-order valence-electron chi connectivity index (χ1n) is 1.89. The normalized spacial score (nSPS) is 12.0. The summed E-state index contributed by atoms with van der Waals surface area (Å²) in [6, 6.07) is 0. The zero-order valence-electron chi connectivity index (χ0n) is 3.94. The lowest BCUT2D eigenvalue weighted by atomic mass is 10.5. The molecule has 0 spiro atoms. The molecule has 0 unspecified atom stereocenters. The van der Waals surface area contributed by atoms with E-state index in [0.717, 1.165) is 5.70 Å². The van der Waals surface area contributed by atoms with E-state index in [1.165, 1.54) is 0 Å². The molecule has 0 aliphatic rings. The predicted octanol–water partition coefficient (Wildman–Crippen LogP) is -0.192. The van der Waals surface area contributed by atoms with E-state index < -0.39 is 0 Å². The third kappa shape index (κ3) is 3.50. The molecule has 0 saturated carbocycles. The van der Waals surface area contributed by atoms with Crippen molar-refractivity contribution in [3.63, 3.8) is 0 Å². The maximum Gasteiger partial charge on any atom is 0.0126 e. The van der Waals surface area contributed by atoms with E-state index in [1.54, 1.807) is 6.08 Å². The van der Waals surface area contributed by atoms with Gasteiger partial charge < -0.3 is 11.5 Å². The van der Waals surface area contributed by atoms with Gasteiger partial charge in [0.2, 0.25) is 0 Å². The van der Waals surface area contributed by atoms with Crippen LogP contribution >= 0.6 is 0 Å². The zero-order valence-corrected chi connectivity index (χ0v) is 3.94. The molecule has 0 heterocycles. The van der Waals surface area contributed by atoms with Crippen LogP contribution in [0, 0.1) is 0 Å². The van der Waals surface area contributed by atoms with Crippen molar-refractivity contribution < 1.29 is 0 Å². The van der Waals surface area contributed by atoms with Crippen molar-refractivity contribution in [2.45, 2.75) is 6.92 Å². The van der Waals surface area contributed by atoms with Crippen molar-refractivity contribution >= 4 is 0 Å². The van der Waals surface area contributed by atoms with Crippen molar-refractivity contribution in [1.82, 2.24) is 0 Å². The average Bonchev–Trinajstić information content (AvgIpc) is 1.35. The zero-order chi connectivity index (χ0) is 4.99. The maximum atomic E-state index is 5.18. The SMILES string of the molecule is C/C(N)=C/CN. The van der Waals surface area contributed by atoms with Gasteiger partial charge >= 0.3 is 0 Å². The molecule has 0 aromatic carbocycles. The van der Waals surface area contributed by atoms with Crippen molar-refractivity contribution in [3.05, 3.63) is 11.8 Å². The molecule has 0 aliphatic carbocycles. The number of hydrogen-bond donors (Lipinski definition) is 2. The average molecular weight is 86.1 g/mol. The first kappa shape index (κ1) is 5.50. The highest BCUT2D eigenvalue weighted by Crippen LogP contribution is 1.71. The van der Waals surface area contributed by atoms with Gasteiger partial charge in [-0.15, -0.1) is 0 Å². The molecule has 36 valence electrons. The predicted molar refractivity (Wildman–Crippen MR) is 27.0 cm³/mol. The summed E-state index contributed by atoms with van der Waals surface area (Å²) in [7, 11) is 0. The molecule has 0 aromatic heterocycles. The van der Waals surface area contributed by atoms with Gasteiger partial charge in [0.05, 0.1) is 0 Å². The molecule has 0 atom stereocenters. The van der Waals surface area contributed by atoms with Crippen molar-refractivity contribution in [2.24, 2.45) is 11.5 Å². The van der Waals surface area contributed by atoms with Crippen molar-refractivity contribution in [2.75, 3.05) is 6.54 Å². The van der Waals surface area contributed by atoms with E-state index in [-0.39, 0.29) is 0 Å². The van der Waals surface area contributed by atoms with Gasteiger partial charge in [-0.25, -0.2) is 0 Å². The molecule has 0 fully saturated rings. The second kappa shape index (κ2) is 2.72. The molecule has 2 heteroatoms. The molecule has 4 N–H and O–H groups in total. The molecule has 0 amide bonds. The fourth-order valence-electron chi connectivity index (χ4n) is 0.186. The summed E-state index contributed by atoms with van der Waals surface area (Å²) < 4.78 is 0. The van der Waals surface area contributed by atoms with Gasteiger partial charge in [-0.1, -0.05) is 6.08 Å². The fraction of sp³-hybridized carbons (Fsp3) is 0.500. The van der Waals surface area contributed by atoms with Gasteiger partial charge in [0.15, 0.2) is 0 Å². The van der Waals surface area contributed by atoms with Crippen LogP contribution < -0.4 is 11.5 Å². The molecule has 0 bridgehead atoms. The minimum atomic E-state index is 0.544. The van der Waals surface area contributed by atoms with Crippen LogP contribution in [0.2, 0.25) is 0 Å². The van der Waals surface area contributed by atoms with Crippen LogP contribution in [0.1, 0.15) is 6.92 Å². The first-order valence-corrected chi connectivity index (χ1v) is 1.89. The molecule has 0 saturated heterocycles. The molecule has 0 aromatic rings. The monoisotopic (exact) mass is 86.1 g/mol. The van der Waals surface area contributed by atoms with Gasteiger partial charge in [-0.3, -0.25) is 0 Å². The van der Waals surface area contributed by atoms with E-state index in [0.29, 0.717) is 6.54 Å². The Morgan fingerprint density at radius 3 is 2.33 bits per heavy atom.